The van der Waals surface area contributed by atoms with Crippen LogP contribution < -0.4 is 5.32 Å². The molecule has 0 unspecified atom stereocenters. The zero-order chi connectivity index (χ0) is 14.8. The molecule has 0 aliphatic rings. The summed E-state index contributed by atoms with van der Waals surface area (Å²) in [5, 5.41) is 2.92. The average molecular weight is 362 g/mol. The molecule has 0 spiro atoms. The Kier molecular flexibility index (Phi) is 3.90. The summed E-state index contributed by atoms with van der Waals surface area (Å²) in [6, 6.07) is 9.52. The molecule has 0 atom stereocenters. The molecule has 0 radical (unpaired) electrons. The van der Waals surface area contributed by atoms with Gasteiger partial charge in [-0.25, -0.2) is 4.98 Å². The summed E-state index contributed by atoms with van der Waals surface area (Å²) in [5.41, 5.74) is 2.78. The second-order valence-corrected chi connectivity index (χ2v) is 6.91. The van der Waals surface area contributed by atoms with Gasteiger partial charge in [0.05, 0.1) is 15.0 Å². The van der Waals surface area contributed by atoms with Crippen molar-refractivity contribution in [3.05, 3.63) is 63.3 Å². The lowest BCUT2D eigenvalue weighted by Gasteiger charge is -2.07. The first-order valence-corrected chi connectivity index (χ1v) is 7.90. The Hall–Kier alpha value is -1.92. The average Bonchev–Trinajstić information content (AvgIpc) is 3.10. The predicted molar refractivity (Wildman–Crippen MR) is 88.3 cm³/mol. The Morgan fingerprint density at radius 3 is 2.90 bits per heavy atom. The Labute approximate surface area is 134 Å². The van der Waals surface area contributed by atoms with Crippen LogP contribution in [0.2, 0.25) is 0 Å². The fourth-order valence-corrected chi connectivity index (χ4v) is 3.35. The van der Waals surface area contributed by atoms with Gasteiger partial charge in [0.2, 0.25) is 0 Å². The zero-order valence-corrected chi connectivity index (χ0v) is 13.6. The number of hydrogen-bond donors (Lipinski definition) is 1. The highest BCUT2D eigenvalue weighted by molar-refractivity contribution is 9.11. The van der Waals surface area contributed by atoms with Crippen LogP contribution in [0.3, 0.4) is 0 Å². The van der Waals surface area contributed by atoms with Gasteiger partial charge in [-0.05, 0) is 52.7 Å². The number of anilines is 1. The summed E-state index contributed by atoms with van der Waals surface area (Å²) in [6.07, 6.45) is 5.30. The summed E-state index contributed by atoms with van der Waals surface area (Å²) >= 11 is 4.87. The van der Waals surface area contributed by atoms with Crippen molar-refractivity contribution in [2.75, 3.05) is 5.32 Å². The molecule has 0 bridgehead atoms. The van der Waals surface area contributed by atoms with E-state index in [4.69, 9.17) is 0 Å². The van der Waals surface area contributed by atoms with Crippen molar-refractivity contribution < 1.29 is 4.79 Å². The maximum absolute atomic E-state index is 12.2. The largest absolute Gasteiger partial charge is 0.321 e. The number of carbonyl (C=O) groups is 1. The smallest absolute Gasteiger partial charge is 0.265 e. The monoisotopic (exact) mass is 361 g/mol. The van der Waals surface area contributed by atoms with Crippen LogP contribution in [0, 0.1) is 6.92 Å². The van der Waals surface area contributed by atoms with Gasteiger partial charge in [-0.3, -0.25) is 4.79 Å². The van der Waals surface area contributed by atoms with E-state index in [0.717, 1.165) is 20.7 Å². The molecule has 2 heterocycles. The fourth-order valence-electron chi connectivity index (χ4n) is 1.92. The minimum atomic E-state index is -0.100. The lowest BCUT2D eigenvalue weighted by molar-refractivity contribution is 0.103. The van der Waals surface area contributed by atoms with Gasteiger partial charge in [0.15, 0.2) is 0 Å². The maximum atomic E-state index is 12.2. The predicted octanol–water partition coefficient (Wildman–Crippen LogP) is 4.26. The number of rotatable bonds is 3. The third-order valence-corrected chi connectivity index (χ3v) is 5.12. The van der Waals surface area contributed by atoms with Crippen molar-refractivity contribution in [2.24, 2.45) is 0 Å². The number of halogens is 1. The molecule has 0 fully saturated rings. The number of benzene rings is 1. The number of hydrogen-bond acceptors (Lipinski definition) is 3. The van der Waals surface area contributed by atoms with Gasteiger partial charge in [0.1, 0.15) is 0 Å². The van der Waals surface area contributed by atoms with Crippen LogP contribution in [0.5, 0.6) is 0 Å². The highest BCUT2D eigenvalue weighted by Gasteiger charge is 2.11. The normalized spacial score (nSPS) is 10.6. The van der Waals surface area contributed by atoms with Crippen LogP contribution in [0.25, 0.3) is 5.69 Å². The van der Waals surface area contributed by atoms with Crippen LogP contribution in [0.4, 0.5) is 5.69 Å². The van der Waals surface area contributed by atoms with E-state index >= 15 is 0 Å². The van der Waals surface area contributed by atoms with Gasteiger partial charge < -0.3 is 9.88 Å². The van der Waals surface area contributed by atoms with E-state index in [9.17, 15) is 4.79 Å². The van der Waals surface area contributed by atoms with Crippen molar-refractivity contribution in [2.45, 2.75) is 6.92 Å². The number of nitrogens with one attached hydrogen (secondary N) is 1. The molecule has 0 aliphatic heterocycles. The molecule has 3 aromatic rings. The molecule has 0 saturated carbocycles. The lowest BCUT2D eigenvalue weighted by Crippen LogP contribution is -2.10. The van der Waals surface area contributed by atoms with Crippen molar-refractivity contribution in [3.8, 4) is 5.69 Å². The standard InChI is InChI=1S/C15H12BrN3OS/c1-10-7-13(21-14(10)16)15(20)18-11-3-2-4-12(8-11)19-6-5-17-9-19/h2-9H,1H3,(H,18,20). The third-order valence-electron chi connectivity index (χ3n) is 2.99. The molecule has 1 aromatic carbocycles. The number of aryl methyl sites for hydroxylation is 1. The minimum absolute atomic E-state index is 0.100. The minimum Gasteiger partial charge on any atom is -0.321 e. The van der Waals surface area contributed by atoms with Crippen LogP contribution in [-0.4, -0.2) is 15.5 Å². The van der Waals surface area contributed by atoms with Crippen molar-refractivity contribution >= 4 is 38.9 Å². The molecule has 106 valence electrons. The van der Waals surface area contributed by atoms with E-state index < -0.39 is 0 Å². The number of carbonyl (C=O) groups excluding carboxylic acids is 1. The van der Waals surface area contributed by atoms with Crippen LogP contribution in [-0.2, 0) is 0 Å². The topological polar surface area (TPSA) is 46.9 Å². The SMILES string of the molecule is Cc1cc(C(=O)Nc2cccc(-n3ccnc3)c2)sc1Br. The zero-order valence-electron chi connectivity index (χ0n) is 11.2. The first-order valence-electron chi connectivity index (χ1n) is 6.29. The lowest BCUT2D eigenvalue weighted by atomic mass is 10.2. The molecule has 6 heteroatoms. The van der Waals surface area contributed by atoms with Gasteiger partial charge in [-0.1, -0.05) is 6.07 Å². The number of nitrogens with zero attached hydrogens (tertiary/aromatic N) is 2. The van der Waals surface area contributed by atoms with Crippen molar-refractivity contribution in [1.29, 1.82) is 0 Å². The Morgan fingerprint density at radius 1 is 1.38 bits per heavy atom. The summed E-state index contributed by atoms with van der Waals surface area (Å²) < 4.78 is 2.88. The number of aromatic nitrogens is 2. The van der Waals surface area contributed by atoms with E-state index in [0.29, 0.717) is 4.88 Å². The van der Waals surface area contributed by atoms with Crippen LogP contribution in [0.1, 0.15) is 15.2 Å². The molecule has 21 heavy (non-hydrogen) atoms. The molecule has 3 rings (SSSR count). The van der Waals surface area contributed by atoms with Crippen molar-refractivity contribution in [1.82, 2.24) is 9.55 Å². The Morgan fingerprint density at radius 2 is 2.24 bits per heavy atom. The quantitative estimate of drug-likeness (QED) is 0.757. The Balaban J connectivity index is 1.82. The summed E-state index contributed by atoms with van der Waals surface area (Å²) in [6.45, 7) is 1.97. The highest BCUT2D eigenvalue weighted by Crippen LogP contribution is 2.28. The molecule has 1 N–H and O–H groups in total. The van der Waals surface area contributed by atoms with Crippen molar-refractivity contribution in [3.63, 3.8) is 0 Å². The van der Waals surface area contributed by atoms with Gasteiger partial charge >= 0.3 is 0 Å². The van der Waals surface area contributed by atoms with Crippen LogP contribution in [0.15, 0.2) is 52.8 Å². The van der Waals surface area contributed by atoms with Crippen LogP contribution >= 0.6 is 27.3 Å². The first kappa shape index (κ1) is 14.0. The molecule has 0 aliphatic carbocycles. The summed E-state index contributed by atoms with van der Waals surface area (Å²) in [5.74, 6) is -0.100. The van der Waals surface area contributed by atoms with E-state index in [1.807, 2.05) is 48.0 Å². The number of thiophene rings is 1. The molecule has 1 amide bonds. The van der Waals surface area contributed by atoms with E-state index in [2.05, 4.69) is 26.2 Å². The van der Waals surface area contributed by atoms with Gasteiger partial charge in [0.25, 0.3) is 5.91 Å². The second-order valence-electron chi connectivity index (χ2n) is 4.54. The highest BCUT2D eigenvalue weighted by atomic mass is 79.9. The Bertz CT molecular complexity index is 761. The molecular formula is C15H12BrN3OS. The first-order chi connectivity index (χ1) is 10.1. The van der Waals surface area contributed by atoms with Gasteiger partial charge in [-0.15, -0.1) is 11.3 Å². The molecular weight excluding hydrogens is 350 g/mol. The third kappa shape index (κ3) is 3.06. The van der Waals surface area contributed by atoms with E-state index in [1.54, 1.807) is 12.5 Å². The second kappa shape index (κ2) is 5.83. The van der Waals surface area contributed by atoms with E-state index in [-0.39, 0.29) is 5.91 Å². The summed E-state index contributed by atoms with van der Waals surface area (Å²) in [4.78, 5) is 16.9. The van der Waals surface area contributed by atoms with Gasteiger partial charge in [-0.2, -0.15) is 0 Å². The number of imidazole rings is 1. The molecule has 0 saturated heterocycles. The van der Waals surface area contributed by atoms with Gasteiger partial charge in [0, 0.05) is 23.8 Å². The summed E-state index contributed by atoms with van der Waals surface area (Å²) in [7, 11) is 0. The molecule has 4 nitrogen and oxygen atoms in total. The van der Waals surface area contributed by atoms with E-state index in [1.165, 1.54) is 11.3 Å². The number of amides is 1. The fraction of sp³-hybridized carbons (Fsp3) is 0.0667. The molecule has 2 aromatic heterocycles. The maximum Gasteiger partial charge on any atom is 0.265 e.